The quantitative estimate of drug-likeness (QED) is 0.245. The van der Waals surface area contributed by atoms with E-state index < -0.39 is 23.0 Å². The summed E-state index contributed by atoms with van der Waals surface area (Å²) in [6.45, 7) is 4.71. The van der Waals surface area contributed by atoms with Gasteiger partial charge in [-0.2, -0.15) is 0 Å². The topological polar surface area (TPSA) is 123 Å². The molecule has 0 spiro atoms. The first-order valence-corrected chi connectivity index (χ1v) is 15.3. The van der Waals surface area contributed by atoms with Crippen LogP contribution in [0, 0.1) is 12.7 Å². The van der Waals surface area contributed by atoms with Crippen LogP contribution in [-0.2, 0) is 25.4 Å². The molecular weight excluding hydrogens is 613 g/mol. The molecule has 0 aliphatic carbocycles. The molecule has 0 unspecified atom stereocenters. The average Bonchev–Trinajstić information content (AvgIpc) is 3.03. The molecule has 1 fully saturated rings. The fraction of sp³-hybridized carbons (Fsp3) is 0.294. The van der Waals surface area contributed by atoms with Crippen LogP contribution in [0.2, 0.25) is 5.02 Å². The third-order valence-electron chi connectivity index (χ3n) is 8.16. The Labute approximate surface area is 270 Å². The molecule has 5 rings (SSSR count). The summed E-state index contributed by atoms with van der Waals surface area (Å²) in [6, 6.07) is 14.0. The number of piperidine rings is 1. The summed E-state index contributed by atoms with van der Waals surface area (Å²) in [5.41, 5.74) is 2.64. The zero-order valence-corrected chi connectivity index (χ0v) is 26.8. The van der Waals surface area contributed by atoms with E-state index in [2.05, 4.69) is 16.0 Å². The second-order valence-electron chi connectivity index (χ2n) is 11.2. The van der Waals surface area contributed by atoms with Crippen molar-refractivity contribution in [1.82, 2.24) is 19.8 Å². The molecule has 12 heteroatoms. The van der Waals surface area contributed by atoms with Gasteiger partial charge in [0.2, 0.25) is 5.91 Å². The summed E-state index contributed by atoms with van der Waals surface area (Å²) in [7, 11) is 2.78. The third-order valence-corrected chi connectivity index (χ3v) is 8.57. The van der Waals surface area contributed by atoms with E-state index in [1.165, 1.54) is 30.9 Å². The van der Waals surface area contributed by atoms with Gasteiger partial charge < -0.3 is 25.3 Å². The number of carbonyl (C=O) groups is 2. The van der Waals surface area contributed by atoms with E-state index >= 15 is 4.39 Å². The van der Waals surface area contributed by atoms with Crippen molar-refractivity contribution in [3.05, 3.63) is 103 Å². The van der Waals surface area contributed by atoms with E-state index in [1.807, 2.05) is 32.0 Å². The van der Waals surface area contributed by atoms with E-state index in [4.69, 9.17) is 16.3 Å². The van der Waals surface area contributed by atoms with Crippen LogP contribution in [0.25, 0.3) is 22.3 Å². The predicted octanol–water partition coefficient (Wildman–Crippen LogP) is 4.54. The molecule has 1 aliphatic rings. The molecule has 1 aromatic heterocycles. The van der Waals surface area contributed by atoms with Crippen molar-refractivity contribution in [1.29, 1.82) is 0 Å². The standard InChI is InChI=1S/C34H35ClFN5O5/c1-5-46-29-15-20(14-27(36)25(29)17-37-21-12-13-30(42)38-16-21)23-9-6-10-24(31(23)35)22-8-7-11-28(19(22)2)39-32(43)26-18-40(3)34(45)41(4)33(26)44/h6-11,14-15,18,21,37H,5,12-13,16-17H2,1-4H3,(H,38,42)(H,39,43)/t21-/m0/s1. The van der Waals surface area contributed by atoms with Crippen LogP contribution in [0.15, 0.2) is 64.3 Å². The minimum atomic E-state index is -0.701. The number of ether oxygens (including phenoxy) is 1. The molecule has 4 aromatic rings. The smallest absolute Gasteiger partial charge is 0.330 e. The molecule has 2 heterocycles. The molecule has 240 valence electrons. The summed E-state index contributed by atoms with van der Waals surface area (Å²) in [5, 5.41) is 9.31. The first kappa shape index (κ1) is 32.6. The summed E-state index contributed by atoms with van der Waals surface area (Å²) in [6.07, 6.45) is 2.32. The van der Waals surface area contributed by atoms with Crippen molar-refractivity contribution in [3.8, 4) is 28.0 Å². The monoisotopic (exact) mass is 647 g/mol. The van der Waals surface area contributed by atoms with Crippen molar-refractivity contribution in [2.24, 2.45) is 14.1 Å². The van der Waals surface area contributed by atoms with Gasteiger partial charge >= 0.3 is 5.69 Å². The Morgan fingerprint density at radius 3 is 2.52 bits per heavy atom. The Morgan fingerprint density at radius 1 is 1.09 bits per heavy atom. The number of anilines is 1. The van der Waals surface area contributed by atoms with Crippen LogP contribution in [-0.4, -0.2) is 40.1 Å². The highest BCUT2D eigenvalue weighted by Gasteiger charge is 2.22. The highest BCUT2D eigenvalue weighted by Crippen LogP contribution is 2.41. The van der Waals surface area contributed by atoms with Gasteiger partial charge in [0.15, 0.2) is 0 Å². The lowest BCUT2D eigenvalue weighted by molar-refractivity contribution is -0.122. The lowest BCUT2D eigenvalue weighted by atomic mass is 9.94. The van der Waals surface area contributed by atoms with Gasteiger partial charge in [-0.25, -0.2) is 9.18 Å². The first-order chi connectivity index (χ1) is 22.0. The molecule has 1 aliphatic heterocycles. The summed E-state index contributed by atoms with van der Waals surface area (Å²) < 4.78 is 23.6. The van der Waals surface area contributed by atoms with Crippen molar-refractivity contribution < 1.29 is 18.7 Å². The molecule has 2 amide bonds. The molecule has 10 nitrogen and oxygen atoms in total. The Kier molecular flexibility index (Phi) is 9.74. The zero-order valence-electron chi connectivity index (χ0n) is 26.0. The first-order valence-electron chi connectivity index (χ1n) is 14.9. The zero-order chi connectivity index (χ0) is 33.1. The van der Waals surface area contributed by atoms with Gasteiger partial charge in [0.25, 0.3) is 11.5 Å². The van der Waals surface area contributed by atoms with Crippen molar-refractivity contribution in [3.63, 3.8) is 0 Å². The maximum Gasteiger partial charge on any atom is 0.330 e. The SMILES string of the molecule is CCOc1cc(-c2cccc(-c3cccc(NC(=O)c4cn(C)c(=O)n(C)c4=O)c3C)c2Cl)cc(F)c1CN[C@H]1CCC(=O)NC1. The Balaban J connectivity index is 1.45. The van der Waals surface area contributed by atoms with Crippen molar-refractivity contribution in [2.45, 2.75) is 39.3 Å². The van der Waals surface area contributed by atoms with Gasteiger partial charge in [-0.3, -0.25) is 19.0 Å². The number of hydrogen-bond acceptors (Lipinski definition) is 6. The Morgan fingerprint density at radius 2 is 1.80 bits per heavy atom. The number of carbonyl (C=O) groups excluding carboxylic acids is 2. The Hall–Kier alpha value is -4.74. The van der Waals surface area contributed by atoms with E-state index in [0.717, 1.165) is 10.1 Å². The van der Waals surface area contributed by atoms with Crippen molar-refractivity contribution in [2.75, 3.05) is 18.5 Å². The minimum absolute atomic E-state index is 0.0164. The van der Waals surface area contributed by atoms with Crippen LogP contribution in [0.1, 0.15) is 41.3 Å². The fourth-order valence-corrected chi connectivity index (χ4v) is 5.89. The lowest BCUT2D eigenvalue weighted by Gasteiger charge is -2.24. The summed E-state index contributed by atoms with van der Waals surface area (Å²) >= 11 is 7.00. The van der Waals surface area contributed by atoms with Crippen LogP contribution < -0.4 is 31.9 Å². The molecule has 0 bridgehead atoms. The number of amides is 2. The number of nitrogens with one attached hydrogen (secondary N) is 3. The van der Waals surface area contributed by atoms with Gasteiger partial charge in [0.05, 0.1) is 11.6 Å². The number of hydrogen-bond donors (Lipinski definition) is 3. The molecule has 1 atom stereocenters. The molecule has 0 saturated carbocycles. The fourth-order valence-electron chi connectivity index (χ4n) is 5.56. The van der Waals surface area contributed by atoms with Gasteiger partial charge in [-0.05, 0) is 55.2 Å². The predicted molar refractivity (Wildman–Crippen MR) is 176 cm³/mol. The largest absolute Gasteiger partial charge is 0.493 e. The number of nitrogens with zero attached hydrogens (tertiary/aromatic N) is 2. The van der Waals surface area contributed by atoms with Crippen LogP contribution in [0.3, 0.4) is 0 Å². The minimum Gasteiger partial charge on any atom is -0.493 e. The van der Waals surface area contributed by atoms with Crippen LogP contribution >= 0.6 is 11.6 Å². The number of benzene rings is 3. The average molecular weight is 648 g/mol. The summed E-state index contributed by atoms with van der Waals surface area (Å²) in [5.74, 6) is -0.683. The molecule has 1 saturated heterocycles. The van der Waals surface area contributed by atoms with E-state index in [-0.39, 0.29) is 24.1 Å². The van der Waals surface area contributed by atoms with E-state index in [1.54, 1.807) is 24.3 Å². The Bertz CT molecular complexity index is 1940. The second-order valence-corrected chi connectivity index (χ2v) is 11.6. The second kappa shape index (κ2) is 13.7. The van der Waals surface area contributed by atoms with Gasteiger partial charge in [0, 0.05) is 68.2 Å². The van der Waals surface area contributed by atoms with Gasteiger partial charge in [-0.15, -0.1) is 0 Å². The molecule has 46 heavy (non-hydrogen) atoms. The molecular formula is C34H35ClFN5O5. The molecule has 3 N–H and O–H groups in total. The van der Waals surface area contributed by atoms with Crippen molar-refractivity contribution >= 4 is 29.1 Å². The maximum atomic E-state index is 15.7. The maximum absolute atomic E-state index is 15.7. The van der Waals surface area contributed by atoms with E-state index in [0.29, 0.717) is 70.3 Å². The van der Waals surface area contributed by atoms with Gasteiger partial charge in [-0.1, -0.05) is 41.9 Å². The lowest BCUT2D eigenvalue weighted by Crippen LogP contribution is -2.45. The number of aromatic nitrogens is 2. The third kappa shape index (κ3) is 6.61. The number of aryl methyl sites for hydroxylation is 1. The molecule has 0 radical (unpaired) electrons. The van der Waals surface area contributed by atoms with E-state index in [9.17, 15) is 19.2 Å². The van der Waals surface area contributed by atoms with Crippen LogP contribution in [0.5, 0.6) is 5.75 Å². The number of rotatable bonds is 9. The molecule has 3 aromatic carbocycles. The van der Waals surface area contributed by atoms with Crippen LogP contribution in [0.4, 0.5) is 10.1 Å². The number of halogens is 2. The summed E-state index contributed by atoms with van der Waals surface area (Å²) in [4.78, 5) is 49.3. The highest BCUT2D eigenvalue weighted by molar-refractivity contribution is 6.36. The normalized spacial score (nSPS) is 14.6. The highest BCUT2D eigenvalue weighted by atomic mass is 35.5. The van der Waals surface area contributed by atoms with Gasteiger partial charge in [0.1, 0.15) is 17.1 Å².